The lowest BCUT2D eigenvalue weighted by Crippen LogP contribution is -2.15. The van der Waals surface area contributed by atoms with E-state index in [1.807, 2.05) is 13.8 Å². The van der Waals surface area contributed by atoms with Gasteiger partial charge in [-0.3, -0.25) is 0 Å². The third kappa shape index (κ3) is 3.19. The lowest BCUT2D eigenvalue weighted by molar-refractivity contribution is 0.136. The van der Waals surface area contributed by atoms with Crippen LogP contribution in [0.5, 0.6) is 6.01 Å². The van der Waals surface area contributed by atoms with Crippen molar-refractivity contribution >= 4 is 26.7 Å². The standard InChI is InChI=1S/C20H24N4O4S/c1-4-27-20-22-15(14-11-12(14)3)17-16(23-20)18(19(21)24(17)28-5-2)29(25,26)13-9-7-6-8-10-13/h6-10,12,14H,4-5,11,21H2,1-3H3. The van der Waals surface area contributed by atoms with Gasteiger partial charge >= 0.3 is 6.01 Å². The van der Waals surface area contributed by atoms with Gasteiger partial charge in [-0.25, -0.2) is 8.42 Å². The lowest BCUT2D eigenvalue weighted by atomic mass is 10.2. The molecule has 0 spiro atoms. The second-order valence-electron chi connectivity index (χ2n) is 7.08. The molecule has 0 bridgehead atoms. The molecular weight excluding hydrogens is 392 g/mol. The molecule has 4 rings (SSSR count). The third-order valence-corrected chi connectivity index (χ3v) is 6.91. The number of nitrogen functional groups attached to an aromatic ring is 1. The van der Waals surface area contributed by atoms with Crippen molar-refractivity contribution in [1.29, 1.82) is 0 Å². The normalized spacial score (nSPS) is 18.7. The van der Waals surface area contributed by atoms with Crippen LogP contribution in [0.4, 0.5) is 5.82 Å². The smallest absolute Gasteiger partial charge is 0.317 e. The molecule has 0 aliphatic heterocycles. The van der Waals surface area contributed by atoms with Gasteiger partial charge in [-0.2, -0.15) is 14.7 Å². The van der Waals surface area contributed by atoms with Gasteiger partial charge in [-0.05, 0) is 38.3 Å². The number of sulfone groups is 1. The number of aromatic nitrogens is 3. The van der Waals surface area contributed by atoms with Crippen LogP contribution >= 0.6 is 0 Å². The topological polar surface area (TPSA) is 109 Å². The van der Waals surface area contributed by atoms with Gasteiger partial charge in [0.2, 0.25) is 9.84 Å². The maximum absolute atomic E-state index is 13.5. The molecule has 1 aromatic carbocycles. The first-order valence-corrected chi connectivity index (χ1v) is 11.2. The molecule has 0 radical (unpaired) electrons. The highest BCUT2D eigenvalue weighted by Gasteiger charge is 2.41. The van der Waals surface area contributed by atoms with Crippen molar-refractivity contribution in [3.05, 3.63) is 36.0 Å². The SMILES string of the molecule is CCOc1nc(C2CC2C)c2c(n1)c(S(=O)(=O)c1ccccc1)c(N)n2OCC. The van der Waals surface area contributed by atoms with Crippen molar-refractivity contribution in [3.63, 3.8) is 0 Å². The molecule has 154 valence electrons. The summed E-state index contributed by atoms with van der Waals surface area (Å²) in [6, 6.07) is 8.31. The van der Waals surface area contributed by atoms with E-state index in [1.165, 1.54) is 16.9 Å². The van der Waals surface area contributed by atoms with Crippen molar-refractivity contribution in [2.45, 2.75) is 42.9 Å². The van der Waals surface area contributed by atoms with E-state index >= 15 is 0 Å². The molecule has 0 saturated heterocycles. The maximum Gasteiger partial charge on any atom is 0.317 e. The molecule has 1 aliphatic carbocycles. The molecular formula is C20H24N4O4S. The minimum absolute atomic E-state index is 0.0109. The molecule has 3 aromatic rings. The Labute approximate surface area is 169 Å². The molecule has 8 nitrogen and oxygen atoms in total. The van der Waals surface area contributed by atoms with Crippen molar-refractivity contribution in [1.82, 2.24) is 14.7 Å². The van der Waals surface area contributed by atoms with Gasteiger partial charge in [0.25, 0.3) is 0 Å². The van der Waals surface area contributed by atoms with Crippen LogP contribution in [0.2, 0.25) is 0 Å². The summed E-state index contributed by atoms with van der Waals surface area (Å²) in [7, 11) is -3.93. The summed E-state index contributed by atoms with van der Waals surface area (Å²) >= 11 is 0. The van der Waals surface area contributed by atoms with Gasteiger partial charge in [0.05, 0.1) is 17.2 Å². The van der Waals surface area contributed by atoms with E-state index in [0.29, 0.717) is 30.3 Å². The van der Waals surface area contributed by atoms with Gasteiger partial charge in [-0.1, -0.05) is 25.1 Å². The van der Waals surface area contributed by atoms with E-state index in [2.05, 4.69) is 16.9 Å². The molecule has 1 aliphatic rings. The predicted molar refractivity (Wildman–Crippen MR) is 109 cm³/mol. The number of nitrogens with two attached hydrogens (primary N) is 1. The van der Waals surface area contributed by atoms with E-state index in [9.17, 15) is 8.42 Å². The minimum Gasteiger partial charge on any atom is -0.464 e. The fourth-order valence-corrected chi connectivity index (χ4v) is 5.05. The molecule has 2 unspecified atom stereocenters. The Kier molecular flexibility index (Phi) is 4.85. The second-order valence-corrected chi connectivity index (χ2v) is 8.97. The predicted octanol–water partition coefficient (Wildman–Crippen LogP) is 2.82. The number of benzene rings is 1. The molecule has 2 heterocycles. The Hall–Kier alpha value is -2.81. The summed E-state index contributed by atoms with van der Waals surface area (Å²) in [5.41, 5.74) is 7.76. The van der Waals surface area contributed by atoms with Crippen LogP contribution in [0, 0.1) is 5.92 Å². The van der Waals surface area contributed by atoms with E-state index in [0.717, 1.165) is 6.42 Å². The average Bonchev–Trinajstić information content (AvgIpc) is 3.36. The van der Waals surface area contributed by atoms with E-state index in [4.69, 9.17) is 15.3 Å². The quantitative estimate of drug-likeness (QED) is 0.631. The number of anilines is 1. The van der Waals surface area contributed by atoms with Crippen molar-refractivity contribution in [2.24, 2.45) is 5.92 Å². The first-order chi connectivity index (χ1) is 13.9. The van der Waals surface area contributed by atoms with Gasteiger partial charge in [-0.15, -0.1) is 0 Å². The molecule has 2 N–H and O–H groups in total. The van der Waals surface area contributed by atoms with Crippen LogP contribution in [0.15, 0.2) is 40.1 Å². The zero-order valence-electron chi connectivity index (χ0n) is 16.6. The van der Waals surface area contributed by atoms with Crippen LogP contribution in [0.1, 0.15) is 38.8 Å². The maximum atomic E-state index is 13.5. The van der Waals surface area contributed by atoms with E-state index in [-0.39, 0.29) is 33.1 Å². The molecule has 9 heteroatoms. The van der Waals surface area contributed by atoms with Crippen molar-refractivity contribution in [3.8, 4) is 6.01 Å². The van der Waals surface area contributed by atoms with E-state index < -0.39 is 9.84 Å². The number of rotatable bonds is 7. The Morgan fingerprint density at radius 2 is 1.86 bits per heavy atom. The highest BCUT2D eigenvalue weighted by atomic mass is 32.2. The van der Waals surface area contributed by atoms with Crippen molar-refractivity contribution in [2.75, 3.05) is 18.9 Å². The lowest BCUT2D eigenvalue weighted by Gasteiger charge is -2.11. The first-order valence-electron chi connectivity index (χ1n) is 9.68. The first kappa shape index (κ1) is 19.5. The number of nitrogens with zero attached hydrogens (tertiary/aromatic N) is 3. The van der Waals surface area contributed by atoms with Crippen LogP contribution in [-0.4, -0.2) is 36.3 Å². The van der Waals surface area contributed by atoms with E-state index in [1.54, 1.807) is 18.2 Å². The molecule has 2 aromatic heterocycles. The van der Waals surface area contributed by atoms with Crippen LogP contribution in [0.3, 0.4) is 0 Å². The van der Waals surface area contributed by atoms with Gasteiger partial charge in [0.1, 0.15) is 22.5 Å². The zero-order chi connectivity index (χ0) is 20.8. The largest absolute Gasteiger partial charge is 0.464 e. The summed E-state index contributed by atoms with van der Waals surface area (Å²) in [4.78, 5) is 14.8. The summed E-state index contributed by atoms with van der Waals surface area (Å²) in [6.07, 6.45) is 0.954. The average molecular weight is 417 g/mol. The van der Waals surface area contributed by atoms with Gasteiger partial charge in [0.15, 0.2) is 5.82 Å². The zero-order valence-corrected chi connectivity index (χ0v) is 17.4. The second kappa shape index (κ2) is 7.22. The Morgan fingerprint density at radius 1 is 1.17 bits per heavy atom. The number of hydrogen-bond donors (Lipinski definition) is 1. The molecule has 1 fully saturated rings. The summed E-state index contributed by atoms with van der Waals surface area (Å²) in [5.74, 6) is 0.603. The summed E-state index contributed by atoms with van der Waals surface area (Å²) in [5, 5.41) is 0. The fraction of sp³-hybridized carbons (Fsp3) is 0.400. The van der Waals surface area contributed by atoms with Gasteiger partial charge in [0, 0.05) is 5.92 Å². The number of fused-ring (bicyclic) bond motifs is 1. The molecule has 0 amide bonds. The van der Waals surface area contributed by atoms with Crippen molar-refractivity contribution < 1.29 is 18.0 Å². The third-order valence-electron chi connectivity index (χ3n) is 5.07. The highest BCUT2D eigenvalue weighted by molar-refractivity contribution is 7.92. The Morgan fingerprint density at radius 3 is 2.45 bits per heavy atom. The monoisotopic (exact) mass is 416 g/mol. The molecule has 29 heavy (non-hydrogen) atoms. The Bertz CT molecular complexity index is 1160. The van der Waals surface area contributed by atoms with Gasteiger partial charge < -0.3 is 15.3 Å². The molecule has 2 atom stereocenters. The number of ether oxygens (including phenoxy) is 1. The van der Waals surface area contributed by atoms with Crippen LogP contribution in [-0.2, 0) is 9.84 Å². The summed E-state index contributed by atoms with van der Waals surface area (Å²) < 4.78 is 33.8. The highest BCUT2D eigenvalue weighted by Crippen LogP contribution is 2.50. The fourth-order valence-electron chi connectivity index (χ4n) is 3.54. The van der Waals surface area contributed by atoms with Crippen LogP contribution < -0.4 is 15.3 Å². The Balaban J connectivity index is 2.07. The molecule has 1 saturated carbocycles. The van der Waals surface area contributed by atoms with Crippen LogP contribution in [0.25, 0.3) is 11.0 Å². The summed E-state index contributed by atoms with van der Waals surface area (Å²) in [6.45, 7) is 6.44. The number of hydrogen-bond acceptors (Lipinski definition) is 7. The minimum atomic E-state index is -3.93.